The Balaban J connectivity index is 2.25. The van der Waals surface area contributed by atoms with Crippen LogP contribution in [0.5, 0.6) is 0 Å². The fourth-order valence-corrected chi connectivity index (χ4v) is 2.79. The average molecular weight is 237 g/mol. The molecule has 4 heteroatoms. The monoisotopic (exact) mass is 236 g/mol. The number of benzene rings is 1. The number of aromatic amines is 1. The van der Waals surface area contributed by atoms with Gasteiger partial charge in [-0.3, -0.25) is 4.57 Å². The lowest BCUT2D eigenvalue weighted by Gasteiger charge is -2.10. The smallest absolute Gasteiger partial charge is 0.306 e. The van der Waals surface area contributed by atoms with Crippen LogP contribution in [0.3, 0.4) is 0 Å². The molecule has 0 bridgehead atoms. The van der Waals surface area contributed by atoms with E-state index in [0.717, 1.165) is 23.9 Å². The van der Waals surface area contributed by atoms with Crippen molar-refractivity contribution in [3.05, 3.63) is 33.7 Å². The Hall–Kier alpha value is -1.22. The predicted octanol–water partition coefficient (Wildman–Crippen LogP) is 3.10. The lowest BCUT2D eigenvalue weighted by molar-refractivity contribution is 0.518. The second-order valence-corrected chi connectivity index (χ2v) is 4.84. The summed E-state index contributed by atoms with van der Waals surface area (Å²) in [5, 5.41) is 0.679. The van der Waals surface area contributed by atoms with Crippen LogP contribution >= 0.6 is 11.6 Å². The predicted molar refractivity (Wildman–Crippen MR) is 65.1 cm³/mol. The number of H-pyrrole nitrogens is 1. The van der Waals surface area contributed by atoms with Gasteiger partial charge in [0.1, 0.15) is 0 Å². The summed E-state index contributed by atoms with van der Waals surface area (Å²) in [6, 6.07) is 5.89. The minimum Gasteiger partial charge on any atom is -0.306 e. The molecule has 1 aliphatic carbocycles. The van der Waals surface area contributed by atoms with Crippen molar-refractivity contribution in [3.8, 4) is 0 Å². The fourth-order valence-electron chi connectivity index (χ4n) is 2.62. The Morgan fingerprint density at radius 3 is 2.81 bits per heavy atom. The first-order valence-corrected chi connectivity index (χ1v) is 6.03. The standard InChI is InChI=1S/C12H13ClN2O/c13-8-5-6-10-11(7-8)15(12(16)14-10)9-3-1-2-4-9/h5-7,9H,1-4H2,(H,14,16). The van der Waals surface area contributed by atoms with Crippen molar-refractivity contribution < 1.29 is 0 Å². The van der Waals surface area contributed by atoms with Gasteiger partial charge >= 0.3 is 5.69 Å². The molecule has 0 spiro atoms. The van der Waals surface area contributed by atoms with Crippen molar-refractivity contribution in [2.75, 3.05) is 0 Å². The number of hydrogen-bond donors (Lipinski definition) is 1. The van der Waals surface area contributed by atoms with Crippen LogP contribution in [0.1, 0.15) is 31.7 Å². The van der Waals surface area contributed by atoms with Crippen molar-refractivity contribution in [1.29, 1.82) is 0 Å². The molecule has 0 saturated heterocycles. The Morgan fingerprint density at radius 2 is 2.06 bits per heavy atom. The quantitative estimate of drug-likeness (QED) is 0.812. The maximum absolute atomic E-state index is 11.9. The van der Waals surface area contributed by atoms with E-state index in [1.807, 2.05) is 16.7 Å². The van der Waals surface area contributed by atoms with E-state index in [2.05, 4.69) is 4.98 Å². The molecule has 1 heterocycles. The van der Waals surface area contributed by atoms with E-state index in [1.54, 1.807) is 6.07 Å². The highest BCUT2D eigenvalue weighted by atomic mass is 35.5. The molecule has 0 aliphatic heterocycles. The van der Waals surface area contributed by atoms with Crippen molar-refractivity contribution in [2.24, 2.45) is 0 Å². The normalized spacial score (nSPS) is 17.3. The first-order valence-electron chi connectivity index (χ1n) is 5.65. The number of fused-ring (bicyclic) bond motifs is 1. The van der Waals surface area contributed by atoms with Gasteiger partial charge in [-0.25, -0.2) is 4.79 Å². The van der Waals surface area contributed by atoms with Crippen LogP contribution in [-0.2, 0) is 0 Å². The topological polar surface area (TPSA) is 37.8 Å². The van der Waals surface area contributed by atoms with Crippen molar-refractivity contribution >= 4 is 22.6 Å². The Morgan fingerprint density at radius 1 is 1.31 bits per heavy atom. The molecule has 0 unspecified atom stereocenters. The first-order chi connectivity index (χ1) is 7.75. The molecule has 2 aromatic rings. The molecule has 0 radical (unpaired) electrons. The maximum atomic E-state index is 11.9. The second-order valence-electron chi connectivity index (χ2n) is 4.40. The van der Waals surface area contributed by atoms with Crippen LogP contribution in [0.2, 0.25) is 5.02 Å². The number of nitrogens with zero attached hydrogens (tertiary/aromatic N) is 1. The summed E-state index contributed by atoms with van der Waals surface area (Å²) in [4.78, 5) is 14.8. The van der Waals surface area contributed by atoms with Gasteiger partial charge in [-0.2, -0.15) is 0 Å². The molecule has 1 saturated carbocycles. The van der Waals surface area contributed by atoms with Crippen LogP contribution in [0, 0.1) is 0 Å². The van der Waals surface area contributed by atoms with Gasteiger partial charge in [0, 0.05) is 11.1 Å². The van der Waals surface area contributed by atoms with E-state index < -0.39 is 0 Å². The van der Waals surface area contributed by atoms with Gasteiger partial charge in [0.25, 0.3) is 0 Å². The molecule has 0 amide bonds. The lowest BCUT2D eigenvalue weighted by Crippen LogP contribution is -2.20. The lowest BCUT2D eigenvalue weighted by atomic mass is 10.2. The molecule has 3 nitrogen and oxygen atoms in total. The SMILES string of the molecule is O=c1[nH]c2ccc(Cl)cc2n1C1CCCC1. The molecule has 84 valence electrons. The zero-order chi connectivity index (χ0) is 11.1. The van der Waals surface area contributed by atoms with Gasteiger partial charge in [0.15, 0.2) is 0 Å². The van der Waals surface area contributed by atoms with Gasteiger partial charge in [-0.05, 0) is 31.0 Å². The first kappa shape index (κ1) is 9.97. The van der Waals surface area contributed by atoms with Crippen molar-refractivity contribution in [3.63, 3.8) is 0 Å². The zero-order valence-electron chi connectivity index (χ0n) is 8.87. The van der Waals surface area contributed by atoms with E-state index in [1.165, 1.54) is 12.8 Å². The van der Waals surface area contributed by atoms with E-state index >= 15 is 0 Å². The summed E-state index contributed by atoms with van der Waals surface area (Å²) in [5.74, 6) is 0. The van der Waals surface area contributed by atoms with Gasteiger partial charge < -0.3 is 4.98 Å². The Kier molecular flexibility index (Phi) is 2.28. The van der Waals surface area contributed by atoms with Gasteiger partial charge in [0.2, 0.25) is 0 Å². The molecule has 1 fully saturated rings. The highest BCUT2D eigenvalue weighted by Gasteiger charge is 2.20. The van der Waals surface area contributed by atoms with Gasteiger partial charge in [0.05, 0.1) is 11.0 Å². The molecule has 1 aromatic carbocycles. The summed E-state index contributed by atoms with van der Waals surface area (Å²) < 4.78 is 1.87. The average Bonchev–Trinajstić information content (AvgIpc) is 2.83. The Labute approximate surface area is 98.0 Å². The van der Waals surface area contributed by atoms with Crippen LogP contribution in [0.15, 0.2) is 23.0 Å². The molecule has 3 rings (SSSR count). The van der Waals surface area contributed by atoms with Crippen molar-refractivity contribution in [2.45, 2.75) is 31.7 Å². The van der Waals surface area contributed by atoms with E-state index in [0.29, 0.717) is 11.1 Å². The number of nitrogens with one attached hydrogen (secondary N) is 1. The van der Waals surface area contributed by atoms with E-state index in [-0.39, 0.29) is 5.69 Å². The number of aromatic nitrogens is 2. The third-order valence-electron chi connectivity index (χ3n) is 3.37. The summed E-state index contributed by atoms with van der Waals surface area (Å²) in [6.45, 7) is 0. The highest BCUT2D eigenvalue weighted by molar-refractivity contribution is 6.31. The zero-order valence-corrected chi connectivity index (χ0v) is 9.63. The molecule has 1 N–H and O–H groups in total. The van der Waals surface area contributed by atoms with Crippen LogP contribution in [-0.4, -0.2) is 9.55 Å². The molecular weight excluding hydrogens is 224 g/mol. The molecule has 0 atom stereocenters. The van der Waals surface area contributed by atoms with Crippen LogP contribution in [0.25, 0.3) is 11.0 Å². The summed E-state index contributed by atoms with van der Waals surface area (Å²) in [6.07, 6.45) is 4.62. The Bertz CT molecular complexity index is 578. The number of imidazole rings is 1. The van der Waals surface area contributed by atoms with Crippen LogP contribution in [0.4, 0.5) is 0 Å². The highest BCUT2D eigenvalue weighted by Crippen LogP contribution is 2.31. The third-order valence-corrected chi connectivity index (χ3v) is 3.60. The van der Waals surface area contributed by atoms with Gasteiger partial charge in [-0.1, -0.05) is 24.4 Å². The van der Waals surface area contributed by atoms with Gasteiger partial charge in [-0.15, -0.1) is 0 Å². The van der Waals surface area contributed by atoms with E-state index in [4.69, 9.17) is 11.6 Å². The summed E-state index contributed by atoms with van der Waals surface area (Å²) in [7, 11) is 0. The molecule has 16 heavy (non-hydrogen) atoms. The van der Waals surface area contributed by atoms with Crippen molar-refractivity contribution in [1.82, 2.24) is 9.55 Å². The van der Waals surface area contributed by atoms with E-state index in [9.17, 15) is 4.79 Å². The molecule has 1 aromatic heterocycles. The molecular formula is C12H13ClN2O. The minimum absolute atomic E-state index is 0.0100. The number of rotatable bonds is 1. The third kappa shape index (κ3) is 1.47. The minimum atomic E-state index is -0.0100. The number of halogens is 1. The van der Waals surface area contributed by atoms with Crippen LogP contribution < -0.4 is 5.69 Å². The maximum Gasteiger partial charge on any atom is 0.326 e. The number of hydrogen-bond acceptors (Lipinski definition) is 1. The fraction of sp³-hybridized carbons (Fsp3) is 0.417. The molecule has 1 aliphatic rings. The summed E-state index contributed by atoms with van der Waals surface area (Å²) >= 11 is 5.98. The summed E-state index contributed by atoms with van der Waals surface area (Å²) in [5.41, 5.74) is 1.80. The second kappa shape index (κ2) is 3.67. The largest absolute Gasteiger partial charge is 0.326 e.